The zero-order valence-electron chi connectivity index (χ0n) is 24.9. The van der Waals surface area contributed by atoms with Crippen molar-refractivity contribution in [1.82, 2.24) is 29.9 Å². The molecular weight excluding hydrogens is 597 g/mol. The van der Waals surface area contributed by atoms with Gasteiger partial charge in [0.2, 0.25) is 0 Å². The zero-order chi connectivity index (χ0) is 31.2. The first-order valence-electron chi connectivity index (χ1n) is 15.3. The molecule has 0 fully saturated rings. The predicted molar refractivity (Wildman–Crippen MR) is 191 cm³/mol. The number of pyridine rings is 3. The predicted octanol–water partition coefficient (Wildman–Crippen LogP) is 9.91. The van der Waals surface area contributed by atoms with E-state index in [1.807, 2.05) is 91.3 Å². The Kier molecular flexibility index (Phi) is 6.54. The molecule has 0 bridgehead atoms. The normalized spacial score (nSPS) is 11.4. The van der Waals surface area contributed by atoms with Crippen LogP contribution in [0.15, 0.2) is 146 Å². The number of fused-ring (bicyclic) bond motifs is 4. The molecule has 0 aliphatic rings. The van der Waals surface area contributed by atoms with Crippen LogP contribution in [0.3, 0.4) is 0 Å². The molecule has 0 N–H and O–H groups in total. The Morgan fingerprint density at radius 3 is 1.81 bits per heavy atom. The third-order valence-corrected chi connectivity index (χ3v) is 9.33. The Labute approximate surface area is 274 Å². The van der Waals surface area contributed by atoms with Crippen molar-refractivity contribution in [2.45, 2.75) is 0 Å². The lowest BCUT2D eigenvalue weighted by Gasteiger charge is -2.12. The van der Waals surface area contributed by atoms with E-state index >= 15 is 0 Å². The van der Waals surface area contributed by atoms with Crippen LogP contribution in [0.2, 0.25) is 0 Å². The van der Waals surface area contributed by atoms with Gasteiger partial charge in [0.25, 0.3) is 0 Å². The summed E-state index contributed by atoms with van der Waals surface area (Å²) in [4.78, 5) is 30.4. The average Bonchev–Trinajstić information content (AvgIpc) is 3.53. The minimum Gasteiger partial charge on any atom is -0.253 e. The molecule has 220 valence electrons. The fourth-order valence-corrected chi connectivity index (χ4v) is 6.99. The summed E-state index contributed by atoms with van der Waals surface area (Å²) in [5, 5.41) is 3.20. The van der Waals surface area contributed by atoms with E-state index in [0.29, 0.717) is 17.5 Å². The van der Waals surface area contributed by atoms with Crippen molar-refractivity contribution in [3.05, 3.63) is 146 Å². The molecule has 5 aromatic heterocycles. The summed E-state index contributed by atoms with van der Waals surface area (Å²) < 4.78 is 1.12. The number of rotatable bonds is 5. The van der Waals surface area contributed by atoms with Gasteiger partial charge >= 0.3 is 0 Å². The van der Waals surface area contributed by atoms with E-state index in [1.54, 1.807) is 11.3 Å². The summed E-state index contributed by atoms with van der Waals surface area (Å²) in [6.07, 6.45) is 3.78. The van der Waals surface area contributed by atoms with Crippen molar-refractivity contribution in [3.8, 4) is 56.7 Å². The van der Waals surface area contributed by atoms with Gasteiger partial charge < -0.3 is 0 Å². The zero-order valence-corrected chi connectivity index (χ0v) is 25.8. The lowest BCUT2D eigenvalue weighted by Crippen LogP contribution is -2.00. The fraction of sp³-hybridized carbons (Fsp3) is 0. The second-order valence-corrected chi connectivity index (χ2v) is 12.2. The third kappa shape index (κ3) is 4.90. The highest BCUT2D eigenvalue weighted by atomic mass is 32.1. The molecule has 9 rings (SSSR count). The first-order valence-corrected chi connectivity index (χ1v) is 16.1. The van der Waals surface area contributed by atoms with Crippen molar-refractivity contribution < 1.29 is 0 Å². The molecule has 0 atom stereocenters. The molecule has 5 heterocycles. The highest BCUT2D eigenvalue weighted by molar-refractivity contribution is 7.25. The molecule has 0 aliphatic carbocycles. The minimum atomic E-state index is 0.614. The highest BCUT2D eigenvalue weighted by Crippen LogP contribution is 2.37. The maximum absolute atomic E-state index is 5.09. The van der Waals surface area contributed by atoms with Gasteiger partial charge in [-0.05, 0) is 41.3 Å². The minimum absolute atomic E-state index is 0.614. The SMILES string of the molecule is c1ccc(-c2nc(-c3ccccc3)nc(-c3cccc(-c4cnc(-c5ccc6sc7ncccc7c6n5)c5ccccc45)c3)n2)cc1. The van der Waals surface area contributed by atoms with Crippen LogP contribution in [0.1, 0.15) is 0 Å². The summed E-state index contributed by atoms with van der Waals surface area (Å²) in [6, 6.07) is 45.0. The molecule has 4 aromatic carbocycles. The monoisotopic (exact) mass is 620 g/mol. The van der Waals surface area contributed by atoms with Crippen LogP contribution in [0.25, 0.3) is 87.9 Å². The topological polar surface area (TPSA) is 77.3 Å². The third-order valence-electron chi connectivity index (χ3n) is 8.26. The molecule has 0 aliphatic heterocycles. The second kappa shape index (κ2) is 11.3. The summed E-state index contributed by atoms with van der Waals surface area (Å²) in [5.41, 5.74) is 7.48. The first-order chi connectivity index (χ1) is 23.3. The van der Waals surface area contributed by atoms with E-state index in [1.165, 1.54) is 0 Å². The Hall–Kier alpha value is -6.18. The average molecular weight is 621 g/mol. The Balaban J connectivity index is 1.17. The molecule has 0 spiro atoms. The number of benzene rings is 4. The summed E-state index contributed by atoms with van der Waals surface area (Å²) in [6.45, 7) is 0. The number of nitrogens with zero attached hydrogens (tertiary/aromatic N) is 6. The lowest BCUT2D eigenvalue weighted by atomic mass is 9.97. The van der Waals surface area contributed by atoms with Crippen molar-refractivity contribution >= 4 is 42.5 Å². The standard InChI is InChI=1S/C40H24N6S/c1-3-11-25(12-4-1)37-44-38(26-13-5-2-6-14-26)46-39(45-37)28-16-9-15-27(23-28)32-24-42-35(30-18-8-7-17-29(30)32)33-20-21-34-36(43-33)31-19-10-22-41-40(31)47-34/h1-24H. The summed E-state index contributed by atoms with van der Waals surface area (Å²) in [7, 11) is 0. The summed E-state index contributed by atoms with van der Waals surface area (Å²) >= 11 is 1.66. The van der Waals surface area contributed by atoms with Crippen LogP contribution < -0.4 is 0 Å². The fourth-order valence-electron chi connectivity index (χ4n) is 6.00. The summed E-state index contributed by atoms with van der Waals surface area (Å²) in [5.74, 6) is 1.88. The van der Waals surface area contributed by atoms with Crippen LogP contribution in [0, 0.1) is 0 Å². The maximum atomic E-state index is 5.09. The van der Waals surface area contributed by atoms with Crippen LogP contribution in [-0.4, -0.2) is 29.9 Å². The maximum Gasteiger partial charge on any atom is 0.164 e. The van der Waals surface area contributed by atoms with E-state index < -0.39 is 0 Å². The van der Waals surface area contributed by atoms with E-state index in [-0.39, 0.29) is 0 Å². The van der Waals surface area contributed by atoms with Crippen molar-refractivity contribution in [3.63, 3.8) is 0 Å². The van der Waals surface area contributed by atoms with Gasteiger partial charge in [0.1, 0.15) is 4.83 Å². The van der Waals surface area contributed by atoms with E-state index in [2.05, 4.69) is 59.6 Å². The van der Waals surface area contributed by atoms with Crippen LogP contribution >= 0.6 is 11.3 Å². The van der Waals surface area contributed by atoms with Crippen LogP contribution in [-0.2, 0) is 0 Å². The number of thiophene rings is 1. The van der Waals surface area contributed by atoms with Gasteiger partial charge in [-0.15, -0.1) is 11.3 Å². The van der Waals surface area contributed by atoms with Gasteiger partial charge in [-0.2, -0.15) is 0 Å². The molecule has 6 nitrogen and oxygen atoms in total. The first kappa shape index (κ1) is 27.2. The molecule has 9 aromatic rings. The Morgan fingerprint density at radius 2 is 1.06 bits per heavy atom. The quantitative estimate of drug-likeness (QED) is 0.191. The van der Waals surface area contributed by atoms with Gasteiger partial charge in [-0.3, -0.25) is 4.98 Å². The van der Waals surface area contributed by atoms with E-state index in [9.17, 15) is 0 Å². The van der Waals surface area contributed by atoms with Gasteiger partial charge in [0, 0.05) is 45.4 Å². The van der Waals surface area contributed by atoms with Crippen LogP contribution in [0.4, 0.5) is 0 Å². The number of aromatic nitrogens is 6. The highest BCUT2D eigenvalue weighted by Gasteiger charge is 2.16. The molecule has 0 amide bonds. The smallest absolute Gasteiger partial charge is 0.164 e. The van der Waals surface area contributed by atoms with Crippen molar-refractivity contribution in [2.24, 2.45) is 0 Å². The van der Waals surface area contributed by atoms with Gasteiger partial charge in [-0.25, -0.2) is 24.9 Å². The molecular formula is C40H24N6S. The van der Waals surface area contributed by atoms with Gasteiger partial charge in [0.05, 0.1) is 21.6 Å². The van der Waals surface area contributed by atoms with Crippen LogP contribution in [0.5, 0.6) is 0 Å². The Bertz CT molecular complexity index is 2520. The molecule has 0 unspecified atom stereocenters. The molecule has 0 radical (unpaired) electrons. The molecule has 0 saturated carbocycles. The van der Waals surface area contributed by atoms with Crippen molar-refractivity contribution in [2.75, 3.05) is 0 Å². The van der Waals surface area contributed by atoms with Gasteiger partial charge in [-0.1, -0.05) is 103 Å². The number of hydrogen-bond acceptors (Lipinski definition) is 7. The number of hydrogen-bond donors (Lipinski definition) is 0. The van der Waals surface area contributed by atoms with E-state index in [0.717, 1.165) is 70.4 Å². The van der Waals surface area contributed by atoms with E-state index in [4.69, 9.17) is 24.9 Å². The molecule has 0 saturated heterocycles. The van der Waals surface area contributed by atoms with Crippen molar-refractivity contribution in [1.29, 1.82) is 0 Å². The molecule has 47 heavy (non-hydrogen) atoms. The lowest BCUT2D eigenvalue weighted by molar-refractivity contribution is 1.07. The largest absolute Gasteiger partial charge is 0.253 e. The molecule has 7 heteroatoms. The second-order valence-electron chi connectivity index (χ2n) is 11.2. The Morgan fingerprint density at radius 1 is 0.447 bits per heavy atom. The van der Waals surface area contributed by atoms with Gasteiger partial charge in [0.15, 0.2) is 17.5 Å².